The van der Waals surface area contributed by atoms with Crippen molar-refractivity contribution in [3.8, 4) is 11.5 Å². The molecule has 2 aliphatic rings. The maximum Gasteiger partial charge on any atom is 0.338 e. The minimum atomic E-state index is -0.726. The molecule has 172 valence electrons. The molecule has 33 heavy (non-hydrogen) atoms. The minimum absolute atomic E-state index is 0.0782. The zero-order valence-electron chi connectivity index (χ0n) is 18.4. The first-order chi connectivity index (χ1) is 16.0. The number of nitrogens with one attached hydrogen (secondary N) is 2. The number of hydrogen-bond acceptors (Lipinski definition) is 6. The van der Waals surface area contributed by atoms with Crippen LogP contribution >= 0.6 is 0 Å². The van der Waals surface area contributed by atoms with Crippen LogP contribution in [0.3, 0.4) is 0 Å². The summed E-state index contributed by atoms with van der Waals surface area (Å²) in [7, 11) is 0. The Morgan fingerprint density at radius 1 is 1.09 bits per heavy atom. The number of urea groups is 1. The quantitative estimate of drug-likeness (QED) is 0.598. The van der Waals surface area contributed by atoms with Gasteiger partial charge in [0.25, 0.3) is 0 Å². The Bertz CT molecular complexity index is 1100. The van der Waals surface area contributed by atoms with Crippen molar-refractivity contribution < 1.29 is 28.6 Å². The molecule has 9 nitrogen and oxygen atoms in total. The number of amides is 3. The molecule has 2 N–H and O–H groups in total. The first-order valence-electron chi connectivity index (χ1n) is 10.7. The highest BCUT2D eigenvalue weighted by Gasteiger charge is 2.43. The third-order valence-electron chi connectivity index (χ3n) is 5.28. The summed E-state index contributed by atoms with van der Waals surface area (Å²) in [6, 6.07) is 12.9. The van der Waals surface area contributed by atoms with Crippen molar-refractivity contribution >= 4 is 23.6 Å². The van der Waals surface area contributed by atoms with E-state index < -0.39 is 23.9 Å². The zero-order chi connectivity index (χ0) is 23.4. The maximum absolute atomic E-state index is 13.0. The van der Waals surface area contributed by atoms with Crippen molar-refractivity contribution in [2.24, 2.45) is 0 Å². The molecule has 0 bridgehead atoms. The number of esters is 1. The molecule has 0 saturated heterocycles. The summed E-state index contributed by atoms with van der Waals surface area (Å²) < 4.78 is 16.3. The monoisotopic (exact) mass is 451 g/mol. The molecular formula is C24H25N3O6. The molecule has 0 aliphatic carbocycles. The lowest BCUT2D eigenvalue weighted by Crippen LogP contribution is -2.49. The van der Waals surface area contributed by atoms with Gasteiger partial charge in [-0.25, -0.2) is 9.59 Å². The number of benzene rings is 2. The molecule has 2 heterocycles. The molecule has 0 radical (unpaired) electrons. The largest absolute Gasteiger partial charge is 0.494 e. The van der Waals surface area contributed by atoms with Gasteiger partial charge in [-0.2, -0.15) is 0 Å². The maximum atomic E-state index is 13.0. The molecule has 2 aromatic rings. The Balaban J connectivity index is 1.55. The van der Waals surface area contributed by atoms with Crippen LogP contribution in [0.1, 0.15) is 25.5 Å². The lowest BCUT2D eigenvalue weighted by molar-refractivity contribution is -0.136. The van der Waals surface area contributed by atoms with Crippen molar-refractivity contribution in [2.45, 2.75) is 19.9 Å². The van der Waals surface area contributed by atoms with Gasteiger partial charge in [0.05, 0.1) is 30.5 Å². The van der Waals surface area contributed by atoms with Crippen molar-refractivity contribution in [2.75, 3.05) is 31.7 Å². The molecule has 1 unspecified atom stereocenters. The van der Waals surface area contributed by atoms with Crippen LogP contribution in [0.15, 0.2) is 59.8 Å². The highest BCUT2D eigenvalue weighted by molar-refractivity contribution is 6.00. The molecule has 0 aromatic heterocycles. The Labute approximate surface area is 191 Å². The molecular weight excluding hydrogens is 426 g/mol. The fourth-order valence-electron chi connectivity index (χ4n) is 3.86. The van der Waals surface area contributed by atoms with Crippen LogP contribution in [-0.2, 0) is 14.3 Å². The highest BCUT2D eigenvalue weighted by atomic mass is 16.5. The van der Waals surface area contributed by atoms with Crippen molar-refractivity contribution in [1.29, 1.82) is 0 Å². The van der Waals surface area contributed by atoms with Gasteiger partial charge in [-0.3, -0.25) is 9.69 Å². The van der Waals surface area contributed by atoms with E-state index in [1.165, 1.54) is 4.90 Å². The number of anilines is 1. The molecule has 3 amide bonds. The van der Waals surface area contributed by atoms with Gasteiger partial charge in [-0.05, 0) is 44.2 Å². The summed E-state index contributed by atoms with van der Waals surface area (Å²) in [5.74, 6) is 0.325. The van der Waals surface area contributed by atoms with E-state index in [2.05, 4.69) is 10.6 Å². The molecule has 9 heteroatoms. The molecule has 2 aromatic carbocycles. The first kappa shape index (κ1) is 22.2. The van der Waals surface area contributed by atoms with E-state index in [1.54, 1.807) is 42.5 Å². The van der Waals surface area contributed by atoms with Crippen LogP contribution in [0.25, 0.3) is 0 Å². The summed E-state index contributed by atoms with van der Waals surface area (Å²) in [5, 5.41) is 5.58. The third-order valence-corrected chi connectivity index (χ3v) is 5.28. The fourth-order valence-corrected chi connectivity index (χ4v) is 3.86. The summed E-state index contributed by atoms with van der Waals surface area (Å²) in [6.45, 7) is 4.38. The second-order valence-electron chi connectivity index (χ2n) is 7.38. The number of carbonyl (C=O) groups excluding carboxylic acids is 3. The van der Waals surface area contributed by atoms with Crippen molar-refractivity contribution in [3.05, 3.63) is 65.4 Å². The Hall–Kier alpha value is -4.01. The highest BCUT2D eigenvalue weighted by Crippen LogP contribution is 2.38. The Kier molecular flexibility index (Phi) is 6.48. The van der Waals surface area contributed by atoms with Gasteiger partial charge >= 0.3 is 12.0 Å². The number of nitrogens with zero attached hydrogens (tertiary/aromatic N) is 1. The van der Waals surface area contributed by atoms with E-state index in [0.717, 1.165) is 0 Å². The SMILES string of the molecule is CCOc1ccc(NC(=O)CN2C(=O)NC(c3ccccc3OCC)C3=C2COC3=O)cc1. The number of cyclic esters (lactones) is 1. The lowest BCUT2D eigenvalue weighted by atomic mass is 9.95. The van der Waals surface area contributed by atoms with Crippen LogP contribution in [0, 0.1) is 0 Å². The van der Waals surface area contributed by atoms with Crippen LogP contribution < -0.4 is 20.1 Å². The van der Waals surface area contributed by atoms with Crippen LogP contribution in [0.2, 0.25) is 0 Å². The van der Waals surface area contributed by atoms with E-state index in [1.807, 2.05) is 19.9 Å². The fraction of sp³-hybridized carbons (Fsp3) is 0.292. The van der Waals surface area contributed by atoms with E-state index >= 15 is 0 Å². The van der Waals surface area contributed by atoms with Crippen molar-refractivity contribution in [3.63, 3.8) is 0 Å². The minimum Gasteiger partial charge on any atom is -0.494 e. The predicted octanol–water partition coefficient (Wildman–Crippen LogP) is 3.00. The molecule has 0 spiro atoms. The summed E-state index contributed by atoms with van der Waals surface area (Å²) in [6.07, 6.45) is 0. The van der Waals surface area contributed by atoms with Gasteiger partial charge in [0.15, 0.2) is 0 Å². The molecule has 0 saturated carbocycles. The summed E-state index contributed by atoms with van der Waals surface area (Å²) in [5.41, 5.74) is 1.90. The van der Waals surface area contributed by atoms with Crippen LogP contribution in [-0.4, -0.2) is 49.2 Å². The van der Waals surface area contributed by atoms with E-state index in [0.29, 0.717) is 47.2 Å². The van der Waals surface area contributed by atoms with Gasteiger partial charge in [-0.15, -0.1) is 0 Å². The van der Waals surface area contributed by atoms with Crippen LogP contribution in [0.4, 0.5) is 10.5 Å². The second-order valence-corrected chi connectivity index (χ2v) is 7.38. The number of hydrogen-bond donors (Lipinski definition) is 2. The third kappa shape index (κ3) is 4.62. The van der Waals surface area contributed by atoms with Gasteiger partial charge in [0, 0.05) is 11.3 Å². The lowest BCUT2D eigenvalue weighted by Gasteiger charge is -2.33. The normalized spacial score (nSPS) is 17.3. The molecule has 0 fully saturated rings. The predicted molar refractivity (Wildman–Crippen MR) is 120 cm³/mol. The summed E-state index contributed by atoms with van der Waals surface area (Å²) >= 11 is 0. The number of para-hydroxylation sites is 1. The molecule has 2 aliphatic heterocycles. The Morgan fingerprint density at radius 3 is 2.55 bits per heavy atom. The number of rotatable bonds is 8. The standard InChI is InChI=1S/C24H25N3O6/c1-3-31-16-11-9-15(10-12-16)25-20(28)13-27-18-14-33-23(29)21(18)22(26-24(27)30)17-7-5-6-8-19(17)32-4-2/h5-12,22H,3-4,13-14H2,1-2H3,(H,25,28)(H,26,30). The van der Waals surface area contributed by atoms with Gasteiger partial charge in [0.1, 0.15) is 24.7 Å². The number of carbonyl (C=O) groups is 3. The second kappa shape index (κ2) is 9.64. The first-order valence-corrected chi connectivity index (χ1v) is 10.7. The zero-order valence-corrected chi connectivity index (χ0v) is 18.4. The van der Waals surface area contributed by atoms with Gasteiger partial charge in [0.2, 0.25) is 5.91 Å². The van der Waals surface area contributed by atoms with E-state index in [-0.39, 0.29) is 13.2 Å². The van der Waals surface area contributed by atoms with Crippen molar-refractivity contribution in [1.82, 2.24) is 10.2 Å². The summed E-state index contributed by atoms with van der Waals surface area (Å²) in [4.78, 5) is 39.4. The van der Waals surface area contributed by atoms with Crippen LogP contribution in [0.5, 0.6) is 11.5 Å². The Morgan fingerprint density at radius 2 is 1.82 bits per heavy atom. The smallest absolute Gasteiger partial charge is 0.338 e. The molecule has 4 rings (SSSR count). The number of ether oxygens (including phenoxy) is 3. The van der Waals surface area contributed by atoms with Gasteiger partial charge < -0.3 is 24.8 Å². The van der Waals surface area contributed by atoms with E-state index in [9.17, 15) is 14.4 Å². The average Bonchev–Trinajstić information content (AvgIpc) is 3.19. The van der Waals surface area contributed by atoms with E-state index in [4.69, 9.17) is 14.2 Å². The topological polar surface area (TPSA) is 106 Å². The molecule has 1 atom stereocenters. The van der Waals surface area contributed by atoms with Gasteiger partial charge in [-0.1, -0.05) is 18.2 Å². The average molecular weight is 451 g/mol.